The zero-order valence-electron chi connectivity index (χ0n) is 16.1. The molecule has 6 heteroatoms. The van der Waals surface area contributed by atoms with Crippen molar-refractivity contribution < 1.29 is 9.53 Å². The van der Waals surface area contributed by atoms with E-state index in [1.807, 2.05) is 11.6 Å². The first-order valence-electron chi connectivity index (χ1n) is 9.52. The van der Waals surface area contributed by atoms with Crippen LogP contribution in [0.1, 0.15) is 51.8 Å². The van der Waals surface area contributed by atoms with Crippen LogP contribution in [0.4, 0.5) is 0 Å². The number of carbonyl (C=O) groups is 1. The molecular weight excluding hydrogens is 340 g/mol. The number of amides is 1. The molecule has 2 N–H and O–H groups in total. The zero-order chi connectivity index (χ0) is 19.0. The highest BCUT2D eigenvalue weighted by molar-refractivity contribution is 5.95. The Hall–Kier alpha value is -2.60. The molecule has 0 atom stereocenters. The van der Waals surface area contributed by atoms with E-state index >= 15 is 0 Å². The van der Waals surface area contributed by atoms with Crippen LogP contribution in [0.5, 0.6) is 0 Å². The molecule has 0 unspecified atom stereocenters. The lowest BCUT2D eigenvalue weighted by atomic mass is 10.1. The van der Waals surface area contributed by atoms with Crippen LogP contribution in [-0.2, 0) is 11.3 Å². The Morgan fingerprint density at radius 3 is 2.85 bits per heavy atom. The van der Waals surface area contributed by atoms with Gasteiger partial charge in [-0.25, -0.2) is 0 Å². The minimum absolute atomic E-state index is 0.0760. The van der Waals surface area contributed by atoms with Crippen molar-refractivity contribution in [3.63, 3.8) is 0 Å². The van der Waals surface area contributed by atoms with Crippen LogP contribution in [0.25, 0.3) is 10.9 Å². The van der Waals surface area contributed by atoms with E-state index in [-0.39, 0.29) is 5.91 Å². The van der Waals surface area contributed by atoms with Crippen LogP contribution >= 0.6 is 0 Å². The summed E-state index contributed by atoms with van der Waals surface area (Å²) in [7, 11) is 0. The van der Waals surface area contributed by atoms with Gasteiger partial charge in [0.2, 0.25) is 0 Å². The van der Waals surface area contributed by atoms with Crippen molar-refractivity contribution in [3.8, 4) is 0 Å². The number of hydrogen-bond donors (Lipinski definition) is 2. The minimum atomic E-state index is -0.0760. The highest BCUT2D eigenvalue weighted by Gasteiger charge is 2.21. The van der Waals surface area contributed by atoms with Gasteiger partial charge in [0.25, 0.3) is 5.91 Å². The van der Waals surface area contributed by atoms with Crippen LogP contribution in [0, 0.1) is 20.8 Å². The third kappa shape index (κ3) is 3.37. The van der Waals surface area contributed by atoms with Gasteiger partial charge >= 0.3 is 0 Å². The maximum atomic E-state index is 12.7. The molecule has 0 bridgehead atoms. The van der Waals surface area contributed by atoms with Crippen molar-refractivity contribution in [3.05, 3.63) is 52.5 Å². The molecule has 1 fully saturated rings. The van der Waals surface area contributed by atoms with Crippen molar-refractivity contribution in [2.24, 2.45) is 0 Å². The quantitative estimate of drug-likeness (QED) is 0.741. The highest BCUT2D eigenvalue weighted by atomic mass is 16.5. The van der Waals surface area contributed by atoms with E-state index in [2.05, 4.69) is 47.4 Å². The highest BCUT2D eigenvalue weighted by Crippen LogP contribution is 2.24. The van der Waals surface area contributed by atoms with Crippen LogP contribution in [0.2, 0.25) is 0 Å². The van der Waals surface area contributed by atoms with Gasteiger partial charge in [0.15, 0.2) is 0 Å². The summed E-state index contributed by atoms with van der Waals surface area (Å²) in [5.74, 6) is -0.0760. The summed E-state index contributed by atoms with van der Waals surface area (Å²) >= 11 is 0. The standard InChI is InChI=1S/C21H26N4O2/c1-13-14(2)24-20-5-4-16(10-18(13)20)11-22-21(26)19-12-23-25(15(19)3)17-6-8-27-9-7-17/h4-5,10,12,17,24H,6-9,11H2,1-3H3,(H,22,26). The number of fused-ring (bicyclic) bond motifs is 1. The molecule has 3 heterocycles. The first-order chi connectivity index (χ1) is 13.0. The SMILES string of the molecule is Cc1[nH]c2ccc(CNC(=O)c3cnn(C4CCOCC4)c3C)cc2c1C. The second-order valence-electron chi connectivity index (χ2n) is 7.37. The van der Waals surface area contributed by atoms with Crippen molar-refractivity contribution in [2.45, 2.75) is 46.2 Å². The number of aryl methyl sites for hydroxylation is 2. The third-order valence-electron chi connectivity index (χ3n) is 5.65. The molecule has 3 aromatic rings. The number of carbonyl (C=O) groups excluding carboxylic acids is 1. The average molecular weight is 366 g/mol. The molecule has 1 amide bonds. The lowest BCUT2D eigenvalue weighted by Crippen LogP contribution is -2.24. The number of aromatic nitrogens is 3. The number of aromatic amines is 1. The number of nitrogens with zero attached hydrogens (tertiary/aromatic N) is 2. The Morgan fingerprint density at radius 1 is 1.30 bits per heavy atom. The maximum Gasteiger partial charge on any atom is 0.255 e. The Morgan fingerprint density at radius 2 is 2.07 bits per heavy atom. The van der Waals surface area contributed by atoms with E-state index in [0.29, 0.717) is 18.2 Å². The summed E-state index contributed by atoms with van der Waals surface area (Å²) < 4.78 is 7.40. The fraction of sp³-hybridized carbons (Fsp3) is 0.429. The van der Waals surface area contributed by atoms with Gasteiger partial charge in [0.05, 0.1) is 17.8 Å². The van der Waals surface area contributed by atoms with Gasteiger partial charge in [-0.1, -0.05) is 6.07 Å². The summed E-state index contributed by atoms with van der Waals surface area (Å²) in [5, 5.41) is 8.71. The molecular formula is C21H26N4O2. The lowest BCUT2D eigenvalue weighted by Gasteiger charge is -2.23. The summed E-state index contributed by atoms with van der Waals surface area (Å²) in [4.78, 5) is 16.1. The third-order valence-corrected chi connectivity index (χ3v) is 5.65. The van der Waals surface area contributed by atoms with Crippen LogP contribution in [-0.4, -0.2) is 33.9 Å². The van der Waals surface area contributed by atoms with Crippen LogP contribution < -0.4 is 5.32 Å². The molecule has 0 aliphatic carbocycles. The zero-order valence-corrected chi connectivity index (χ0v) is 16.1. The first-order valence-corrected chi connectivity index (χ1v) is 9.52. The topological polar surface area (TPSA) is 71.9 Å². The Balaban J connectivity index is 1.46. The molecule has 0 spiro atoms. The van der Waals surface area contributed by atoms with E-state index in [9.17, 15) is 4.79 Å². The fourth-order valence-corrected chi connectivity index (χ4v) is 3.84. The number of hydrogen-bond acceptors (Lipinski definition) is 3. The van der Waals surface area contributed by atoms with E-state index in [0.717, 1.165) is 42.8 Å². The van der Waals surface area contributed by atoms with Crippen molar-refractivity contribution in [1.29, 1.82) is 0 Å². The van der Waals surface area contributed by atoms with Crippen LogP contribution in [0.3, 0.4) is 0 Å². The average Bonchev–Trinajstić information content (AvgIpc) is 3.20. The Labute approximate surface area is 158 Å². The molecule has 1 aliphatic rings. The van der Waals surface area contributed by atoms with Crippen molar-refractivity contribution in [1.82, 2.24) is 20.1 Å². The molecule has 2 aromatic heterocycles. The van der Waals surface area contributed by atoms with Gasteiger partial charge in [0.1, 0.15) is 0 Å². The number of nitrogens with one attached hydrogen (secondary N) is 2. The Kier molecular flexibility index (Phi) is 4.74. The summed E-state index contributed by atoms with van der Waals surface area (Å²) in [6, 6.07) is 6.59. The monoisotopic (exact) mass is 366 g/mol. The summed E-state index contributed by atoms with van der Waals surface area (Å²) in [6.07, 6.45) is 3.57. The molecule has 0 saturated carbocycles. The predicted octanol–water partition coefficient (Wildman–Crippen LogP) is 3.57. The van der Waals surface area contributed by atoms with Crippen molar-refractivity contribution >= 4 is 16.8 Å². The van der Waals surface area contributed by atoms with Gasteiger partial charge < -0.3 is 15.0 Å². The largest absolute Gasteiger partial charge is 0.381 e. The van der Waals surface area contributed by atoms with Gasteiger partial charge in [-0.3, -0.25) is 9.48 Å². The fourth-order valence-electron chi connectivity index (χ4n) is 3.84. The number of benzene rings is 1. The first kappa shape index (κ1) is 17.8. The Bertz CT molecular complexity index is 980. The van der Waals surface area contributed by atoms with Crippen molar-refractivity contribution in [2.75, 3.05) is 13.2 Å². The number of H-pyrrole nitrogens is 1. The van der Waals surface area contributed by atoms with Gasteiger partial charge in [-0.2, -0.15) is 5.10 Å². The molecule has 6 nitrogen and oxygen atoms in total. The molecule has 4 rings (SSSR count). The minimum Gasteiger partial charge on any atom is -0.381 e. The normalized spacial score (nSPS) is 15.4. The molecule has 27 heavy (non-hydrogen) atoms. The second kappa shape index (κ2) is 7.19. The van der Waals surface area contributed by atoms with Gasteiger partial charge in [0, 0.05) is 42.0 Å². The maximum absolute atomic E-state index is 12.7. The van der Waals surface area contributed by atoms with Gasteiger partial charge in [-0.05, 0) is 56.9 Å². The van der Waals surface area contributed by atoms with E-state index in [1.165, 1.54) is 16.6 Å². The van der Waals surface area contributed by atoms with Gasteiger partial charge in [-0.15, -0.1) is 0 Å². The summed E-state index contributed by atoms with van der Waals surface area (Å²) in [5.41, 5.74) is 6.23. The molecule has 1 aliphatic heterocycles. The van der Waals surface area contributed by atoms with E-state index in [4.69, 9.17) is 4.74 Å². The number of rotatable bonds is 4. The lowest BCUT2D eigenvalue weighted by molar-refractivity contribution is 0.0656. The van der Waals surface area contributed by atoms with E-state index < -0.39 is 0 Å². The number of ether oxygens (including phenoxy) is 1. The second-order valence-corrected chi connectivity index (χ2v) is 7.37. The smallest absolute Gasteiger partial charge is 0.255 e. The van der Waals surface area contributed by atoms with E-state index in [1.54, 1.807) is 6.20 Å². The molecule has 142 valence electrons. The molecule has 1 aromatic carbocycles. The predicted molar refractivity (Wildman–Crippen MR) is 105 cm³/mol. The summed E-state index contributed by atoms with van der Waals surface area (Å²) in [6.45, 7) is 8.17. The molecule has 0 radical (unpaired) electrons. The molecule has 1 saturated heterocycles. The van der Waals surface area contributed by atoms with Crippen LogP contribution in [0.15, 0.2) is 24.4 Å².